The Bertz CT molecular complexity index is 165. The van der Waals surface area contributed by atoms with Crippen molar-refractivity contribution in [2.45, 2.75) is 32.8 Å². The lowest BCUT2D eigenvalue weighted by Gasteiger charge is -2.27. The second-order valence-corrected chi connectivity index (χ2v) is 4.42. The van der Waals surface area contributed by atoms with Gasteiger partial charge in [0.2, 0.25) is 0 Å². The zero-order valence-electron chi connectivity index (χ0n) is 8.71. The summed E-state index contributed by atoms with van der Waals surface area (Å²) in [5, 5.41) is 9.58. The molecule has 4 heteroatoms. The number of likely N-dealkylation sites (N-methyl/N-ethyl adjacent to an activating group) is 1. The van der Waals surface area contributed by atoms with E-state index in [0.29, 0.717) is 11.5 Å². The normalized spacial score (nSPS) is 12.1. The van der Waals surface area contributed by atoms with Crippen LogP contribution in [0, 0.1) is 0 Å². The van der Waals surface area contributed by atoms with Crippen molar-refractivity contribution in [2.24, 2.45) is 5.73 Å². The van der Waals surface area contributed by atoms with Crippen LogP contribution in [0.25, 0.3) is 0 Å². The monoisotopic (exact) mass is 204 g/mol. The molecule has 0 spiro atoms. The number of nitrogens with zero attached hydrogens (tertiary/aromatic N) is 1. The van der Waals surface area contributed by atoms with Gasteiger partial charge in [0.25, 0.3) is 0 Å². The highest BCUT2D eigenvalue weighted by Gasteiger charge is 2.16. The summed E-state index contributed by atoms with van der Waals surface area (Å²) in [7, 11) is 0. The van der Waals surface area contributed by atoms with E-state index >= 15 is 0 Å². The highest BCUT2D eigenvalue weighted by atomic mass is 32.1. The first-order valence-corrected chi connectivity index (χ1v) is 4.99. The number of hydrogen-bond donors (Lipinski definition) is 2. The van der Waals surface area contributed by atoms with Gasteiger partial charge >= 0.3 is 0 Å². The van der Waals surface area contributed by atoms with Crippen LogP contribution in [-0.4, -0.2) is 40.2 Å². The highest BCUT2D eigenvalue weighted by molar-refractivity contribution is 7.80. The maximum Gasteiger partial charge on any atom is 0.0740 e. The Morgan fingerprint density at radius 1 is 1.54 bits per heavy atom. The van der Waals surface area contributed by atoms with Crippen LogP contribution in [0.2, 0.25) is 0 Å². The van der Waals surface area contributed by atoms with Crippen molar-refractivity contribution >= 4 is 17.2 Å². The van der Waals surface area contributed by atoms with E-state index in [1.54, 1.807) is 13.8 Å². The minimum Gasteiger partial charge on any atom is -0.393 e. The summed E-state index contributed by atoms with van der Waals surface area (Å²) in [5.41, 5.74) is 4.75. The third kappa shape index (κ3) is 8.15. The molecule has 0 aliphatic heterocycles. The van der Waals surface area contributed by atoms with Gasteiger partial charge in [0.05, 0.1) is 10.6 Å². The van der Waals surface area contributed by atoms with Crippen LogP contribution in [0.4, 0.5) is 0 Å². The Morgan fingerprint density at radius 2 is 2.08 bits per heavy atom. The van der Waals surface area contributed by atoms with Crippen LogP contribution < -0.4 is 5.73 Å². The molecule has 0 aliphatic carbocycles. The quantitative estimate of drug-likeness (QED) is 0.627. The van der Waals surface area contributed by atoms with E-state index in [9.17, 15) is 5.11 Å². The number of aliphatic hydroxyl groups is 1. The van der Waals surface area contributed by atoms with E-state index < -0.39 is 5.60 Å². The maximum absolute atomic E-state index is 9.58. The molecule has 0 rings (SSSR count). The lowest BCUT2D eigenvalue weighted by Crippen LogP contribution is -2.39. The predicted molar refractivity (Wildman–Crippen MR) is 59.8 cm³/mol. The first-order chi connectivity index (χ1) is 5.85. The zero-order chi connectivity index (χ0) is 10.5. The van der Waals surface area contributed by atoms with Gasteiger partial charge in [-0.05, 0) is 20.4 Å². The van der Waals surface area contributed by atoms with E-state index in [1.165, 1.54) is 0 Å². The summed E-state index contributed by atoms with van der Waals surface area (Å²) in [6.07, 6.45) is 0.721. The number of rotatable bonds is 6. The van der Waals surface area contributed by atoms with Crippen LogP contribution in [0.15, 0.2) is 0 Å². The number of hydrogen-bond acceptors (Lipinski definition) is 3. The Balaban J connectivity index is 3.83. The van der Waals surface area contributed by atoms with Crippen LogP contribution >= 0.6 is 12.2 Å². The third-order valence-electron chi connectivity index (χ3n) is 1.73. The van der Waals surface area contributed by atoms with Gasteiger partial charge in [-0.25, -0.2) is 0 Å². The van der Waals surface area contributed by atoms with Gasteiger partial charge in [0, 0.05) is 19.5 Å². The Kier molecular flexibility index (Phi) is 5.44. The molecule has 0 amide bonds. The van der Waals surface area contributed by atoms with Crippen LogP contribution in [-0.2, 0) is 0 Å². The molecule has 0 aromatic carbocycles. The molecule has 13 heavy (non-hydrogen) atoms. The third-order valence-corrected chi connectivity index (χ3v) is 1.94. The van der Waals surface area contributed by atoms with Gasteiger partial charge in [0.15, 0.2) is 0 Å². The molecule has 3 N–H and O–H groups in total. The highest BCUT2D eigenvalue weighted by Crippen LogP contribution is 2.04. The Morgan fingerprint density at radius 3 is 2.38 bits per heavy atom. The summed E-state index contributed by atoms with van der Waals surface area (Å²) < 4.78 is 0. The average Bonchev–Trinajstić information content (AvgIpc) is 1.95. The lowest BCUT2D eigenvalue weighted by atomic mass is 10.1. The zero-order valence-corrected chi connectivity index (χ0v) is 9.52. The topological polar surface area (TPSA) is 49.5 Å². The minimum absolute atomic E-state index is 0.536. The molecule has 0 unspecified atom stereocenters. The first-order valence-electron chi connectivity index (χ1n) is 4.58. The molecule has 0 saturated carbocycles. The maximum atomic E-state index is 9.58. The van der Waals surface area contributed by atoms with Gasteiger partial charge in [-0.1, -0.05) is 19.1 Å². The van der Waals surface area contributed by atoms with Crippen molar-refractivity contribution < 1.29 is 5.11 Å². The largest absolute Gasteiger partial charge is 0.393 e. The summed E-state index contributed by atoms with van der Waals surface area (Å²) in [4.78, 5) is 2.67. The molecule has 0 heterocycles. The van der Waals surface area contributed by atoms with Crippen molar-refractivity contribution in [3.63, 3.8) is 0 Å². The van der Waals surface area contributed by atoms with Crippen LogP contribution in [0.3, 0.4) is 0 Å². The van der Waals surface area contributed by atoms with E-state index in [1.807, 2.05) is 0 Å². The SMILES string of the molecule is CCN(CCC(N)=S)CC(C)(C)O. The fourth-order valence-corrected chi connectivity index (χ4v) is 1.26. The van der Waals surface area contributed by atoms with Gasteiger partial charge in [-0.15, -0.1) is 0 Å². The van der Waals surface area contributed by atoms with E-state index in [2.05, 4.69) is 11.8 Å². The number of thiocarbonyl (C=S) groups is 1. The molecule has 0 saturated heterocycles. The van der Waals surface area contributed by atoms with Crippen LogP contribution in [0.5, 0.6) is 0 Å². The van der Waals surface area contributed by atoms with E-state index in [4.69, 9.17) is 18.0 Å². The first kappa shape index (κ1) is 12.8. The van der Waals surface area contributed by atoms with Crippen molar-refractivity contribution in [1.29, 1.82) is 0 Å². The molecule has 0 aliphatic rings. The molecule has 0 fully saturated rings. The average molecular weight is 204 g/mol. The molecule has 0 radical (unpaired) electrons. The fourth-order valence-electron chi connectivity index (χ4n) is 1.16. The molecular formula is C9H20N2OS. The van der Waals surface area contributed by atoms with E-state index in [0.717, 1.165) is 19.5 Å². The standard InChI is InChI=1S/C9H20N2OS/c1-4-11(6-5-8(10)13)7-9(2,3)12/h12H,4-7H2,1-3H3,(H2,10,13). The van der Waals surface area contributed by atoms with Crippen molar-refractivity contribution in [3.05, 3.63) is 0 Å². The van der Waals surface area contributed by atoms with Crippen LogP contribution in [0.1, 0.15) is 27.2 Å². The molecule has 0 bridgehead atoms. The minimum atomic E-state index is -0.647. The van der Waals surface area contributed by atoms with Crippen molar-refractivity contribution in [2.75, 3.05) is 19.6 Å². The van der Waals surface area contributed by atoms with Gasteiger partial charge in [0.1, 0.15) is 0 Å². The Hall–Kier alpha value is -0.190. The predicted octanol–water partition coefficient (Wildman–Crippen LogP) is 0.755. The van der Waals surface area contributed by atoms with Gasteiger partial charge in [-0.3, -0.25) is 0 Å². The smallest absolute Gasteiger partial charge is 0.0740 e. The second kappa shape index (κ2) is 5.52. The molecule has 0 aromatic heterocycles. The molecule has 3 nitrogen and oxygen atoms in total. The molecular weight excluding hydrogens is 184 g/mol. The van der Waals surface area contributed by atoms with Gasteiger partial charge in [-0.2, -0.15) is 0 Å². The summed E-state index contributed by atoms with van der Waals surface area (Å²) in [5.74, 6) is 0. The summed E-state index contributed by atoms with van der Waals surface area (Å²) >= 11 is 4.79. The molecule has 0 atom stereocenters. The second-order valence-electron chi connectivity index (χ2n) is 3.90. The molecule has 0 aromatic rings. The van der Waals surface area contributed by atoms with E-state index in [-0.39, 0.29) is 0 Å². The fraction of sp³-hybridized carbons (Fsp3) is 0.889. The Labute approximate surface area is 85.9 Å². The van der Waals surface area contributed by atoms with Crippen molar-refractivity contribution in [1.82, 2.24) is 4.90 Å². The van der Waals surface area contributed by atoms with Crippen molar-refractivity contribution in [3.8, 4) is 0 Å². The summed E-state index contributed by atoms with van der Waals surface area (Å²) in [6.45, 7) is 8.06. The lowest BCUT2D eigenvalue weighted by molar-refractivity contribution is 0.0388. The van der Waals surface area contributed by atoms with Gasteiger partial charge < -0.3 is 15.7 Å². The molecule has 78 valence electrons. The summed E-state index contributed by atoms with van der Waals surface area (Å²) in [6, 6.07) is 0. The number of nitrogens with two attached hydrogens (primary N) is 1.